The minimum Gasteiger partial charge on any atom is -0.493 e. The first kappa shape index (κ1) is 19.1. The van der Waals surface area contributed by atoms with Crippen LogP contribution in [0.2, 0.25) is 0 Å². The van der Waals surface area contributed by atoms with Crippen molar-refractivity contribution in [2.75, 3.05) is 14.2 Å². The Kier molecular flexibility index (Phi) is 4.66. The van der Waals surface area contributed by atoms with Gasteiger partial charge in [0.05, 0.1) is 25.5 Å². The lowest BCUT2D eigenvalue weighted by molar-refractivity contribution is 0.0997. The maximum Gasteiger partial charge on any atom is 0.332 e. The second-order valence-electron chi connectivity index (χ2n) is 6.24. The molecule has 9 nitrogen and oxygen atoms in total. The molecule has 0 aliphatic rings. The highest BCUT2D eigenvalue weighted by atomic mass is 19.1. The van der Waals surface area contributed by atoms with Gasteiger partial charge in [-0.25, -0.2) is 23.7 Å². The van der Waals surface area contributed by atoms with E-state index >= 15 is 0 Å². The van der Waals surface area contributed by atoms with Crippen LogP contribution in [0.15, 0.2) is 47.3 Å². The van der Waals surface area contributed by atoms with Gasteiger partial charge in [-0.1, -0.05) is 12.1 Å². The van der Waals surface area contributed by atoms with Crippen LogP contribution in [0.1, 0.15) is 10.5 Å². The summed E-state index contributed by atoms with van der Waals surface area (Å²) in [6, 6.07) is 10.6. The number of carbonyl (C=O) groups is 1. The van der Waals surface area contributed by atoms with Crippen molar-refractivity contribution < 1.29 is 18.7 Å². The molecular formula is C20H16FN5O4. The lowest BCUT2D eigenvalue weighted by Gasteiger charge is -2.10. The number of hydrogen-bond acceptors (Lipinski definition) is 6. The van der Waals surface area contributed by atoms with E-state index in [1.165, 1.54) is 37.0 Å². The van der Waals surface area contributed by atoms with E-state index in [0.29, 0.717) is 17.2 Å². The number of imidazole rings is 1. The van der Waals surface area contributed by atoms with Crippen LogP contribution in [0, 0.1) is 5.82 Å². The van der Waals surface area contributed by atoms with Crippen LogP contribution < -0.4 is 20.9 Å². The number of aromatic nitrogens is 4. The van der Waals surface area contributed by atoms with Gasteiger partial charge in [-0.15, -0.1) is 0 Å². The molecule has 0 aliphatic heterocycles. The molecule has 0 unspecified atom stereocenters. The van der Waals surface area contributed by atoms with Gasteiger partial charge < -0.3 is 20.2 Å². The molecule has 2 aromatic carbocycles. The Labute approximate surface area is 168 Å². The number of nitrogens with one attached hydrogen (secondary N) is 1. The predicted molar refractivity (Wildman–Crippen MR) is 107 cm³/mol. The Hall–Kier alpha value is -4.21. The SMILES string of the molecule is COc1ccc(-n2c(=O)[nH]c3c(C(N)=O)nc(-c4ccccc4F)nc32)cc1OC. The second kappa shape index (κ2) is 7.32. The van der Waals surface area contributed by atoms with Gasteiger partial charge in [0.1, 0.15) is 11.3 Å². The zero-order valence-electron chi connectivity index (χ0n) is 16.0. The molecule has 30 heavy (non-hydrogen) atoms. The van der Waals surface area contributed by atoms with E-state index in [1.807, 2.05) is 0 Å². The highest BCUT2D eigenvalue weighted by Crippen LogP contribution is 2.30. The van der Waals surface area contributed by atoms with Crippen molar-refractivity contribution >= 4 is 17.1 Å². The maximum absolute atomic E-state index is 14.3. The number of H-pyrrole nitrogens is 1. The third kappa shape index (κ3) is 3.04. The molecule has 2 heterocycles. The lowest BCUT2D eigenvalue weighted by atomic mass is 10.2. The van der Waals surface area contributed by atoms with Gasteiger partial charge in [-0.3, -0.25) is 4.79 Å². The summed E-state index contributed by atoms with van der Waals surface area (Å²) in [4.78, 5) is 35.7. The van der Waals surface area contributed by atoms with E-state index in [9.17, 15) is 14.0 Å². The number of ether oxygens (including phenoxy) is 2. The summed E-state index contributed by atoms with van der Waals surface area (Å²) >= 11 is 0. The molecule has 1 amide bonds. The number of halogens is 1. The van der Waals surface area contributed by atoms with Crippen molar-refractivity contribution in [3.8, 4) is 28.6 Å². The van der Waals surface area contributed by atoms with E-state index in [2.05, 4.69) is 15.0 Å². The average molecular weight is 409 g/mol. The summed E-state index contributed by atoms with van der Waals surface area (Å²) in [7, 11) is 2.95. The average Bonchev–Trinajstić information content (AvgIpc) is 3.08. The van der Waals surface area contributed by atoms with Crippen LogP contribution in [0.25, 0.3) is 28.2 Å². The molecule has 2 aromatic heterocycles. The monoisotopic (exact) mass is 409 g/mol. The van der Waals surface area contributed by atoms with Crippen LogP contribution in [0.4, 0.5) is 4.39 Å². The van der Waals surface area contributed by atoms with Crippen molar-refractivity contribution in [2.45, 2.75) is 0 Å². The van der Waals surface area contributed by atoms with Crippen molar-refractivity contribution in [1.82, 2.24) is 19.5 Å². The summed E-state index contributed by atoms with van der Waals surface area (Å²) in [6.07, 6.45) is 0. The number of methoxy groups -OCH3 is 2. The second-order valence-corrected chi connectivity index (χ2v) is 6.24. The predicted octanol–water partition coefficient (Wildman–Crippen LogP) is 2.03. The molecule has 4 aromatic rings. The third-order valence-corrected chi connectivity index (χ3v) is 4.51. The van der Waals surface area contributed by atoms with Gasteiger partial charge in [-0.2, -0.15) is 0 Å². The Morgan fingerprint density at radius 3 is 2.50 bits per heavy atom. The van der Waals surface area contributed by atoms with Gasteiger partial charge >= 0.3 is 5.69 Å². The molecule has 0 bridgehead atoms. The topological polar surface area (TPSA) is 125 Å². The van der Waals surface area contributed by atoms with Gasteiger partial charge in [-0.05, 0) is 24.3 Å². The molecule has 0 spiro atoms. The first-order valence-corrected chi connectivity index (χ1v) is 8.74. The number of nitrogens with two attached hydrogens (primary N) is 1. The smallest absolute Gasteiger partial charge is 0.332 e. The number of hydrogen-bond donors (Lipinski definition) is 2. The van der Waals surface area contributed by atoms with E-state index in [1.54, 1.807) is 24.3 Å². The number of primary amides is 1. The van der Waals surface area contributed by atoms with Crippen molar-refractivity contribution in [2.24, 2.45) is 5.73 Å². The molecule has 4 rings (SSSR count). The summed E-state index contributed by atoms with van der Waals surface area (Å²) < 4.78 is 26.0. The fourth-order valence-corrected chi connectivity index (χ4v) is 3.13. The van der Waals surface area contributed by atoms with Gasteiger partial charge in [0.15, 0.2) is 28.7 Å². The van der Waals surface area contributed by atoms with Gasteiger partial charge in [0, 0.05) is 6.07 Å². The molecule has 0 aliphatic carbocycles. The number of aromatic amines is 1. The van der Waals surface area contributed by atoms with E-state index in [0.717, 1.165) is 0 Å². The fraction of sp³-hybridized carbons (Fsp3) is 0.100. The Bertz CT molecular complexity index is 1350. The zero-order chi connectivity index (χ0) is 21.4. The van der Waals surface area contributed by atoms with Crippen molar-refractivity contribution in [1.29, 1.82) is 0 Å². The first-order chi connectivity index (χ1) is 14.4. The quantitative estimate of drug-likeness (QED) is 0.520. The van der Waals surface area contributed by atoms with E-state index < -0.39 is 17.4 Å². The number of benzene rings is 2. The Morgan fingerprint density at radius 2 is 1.83 bits per heavy atom. The lowest BCUT2D eigenvalue weighted by Crippen LogP contribution is -2.15. The normalized spacial score (nSPS) is 10.9. The van der Waals surface area contributed by atoms with Crippen LogP contribution in [0.5, 0.6) is 11.5 Å². The van der Waals surface area contributed by atoms with Crippen LogP contribution in [0.3, 0.4) is 0 Å². The summed E-state index contributed by atoms with van der Waals surface area (Å²) in [6.45, 7) is 0. The molecular weight excluding hydrogens is 393 g/mol. The molecule has 3 N–H and O–H groups in total. The summed E-state index contributed by atoms with van der Waals surface area (Å²) in [5.41, 5.74) is 5.20. The van der Waals surface area contributed by atoms with Gasteiger partial charge in [0.25, 0.3) is 5.91 Å². The molecule has 0 saturated heterocycles. The number of amides is 1. The minimum atomic E-state index is -0.888. The molecule has 152 valence electrons. The zero-order valence-corrected chi connectivity index (χ0v) is 16.0. The van der Waals surface area contributed by atoms with Crippen LogP contribution in [-0.4, -0.2) is 39.6 Å². The summed E-state index contributed by atoms with van der Waals surface area (Å²) in [5, 5.41) is 0. The first-order valence-electron chi connectivity index (χ1n) is 8.74. The fourth-order valence-electron chi connectivity index (χ4n) is 3.13. The van der Waals surface area contributed by atoms with Crippen molar-refractivity contribution in [3.05, 3.63) is 64.5 Å². The third-order valence-electron chi connectivity index (χ3n) is 4.51. The highest BCUT2D eigenvalue weighted by Gasteiger charge is 2.21. The number of carbonyl (C=O) groups excluding carboxylic acids is 1. The molecule has 10 heteroatoms. The minimum absolute atomic E-state index is 0.0439. The molecule has 0 fully saturated rings. The number of nitrogens with zero attached hydrogens (tertiary/aromatic N) is 3. The number of rotatable bonds is 5. The maximum atomic E-state index is 14.3. The molecule has 0 atom stereocenters. The molecule has 0 radical (unpaired) electrons. The van der Waals surface area contributed by atoms with Crippen molar-refractivity contribution in [3.63, 3.8) is 0 Å². The van der Waals surface area contributed by atoms with E-state index in [-0.39, 0.29) is 28.2 Å². The Morgan fingerprint density at radius 1 is 1.10 bits per heavy atom. The Balaban J connectivity index is 2.05. The summed E-state index contributed by atoms with van der Waals surface area (Å²) in [5.74, 6) is -0.699. The standard InChI is InChI=1S/C20H16FN5O4/c1-29-13-8-7-10(9-14(13)30-2)26-19-16(24-20(26)28)15(17(22)27)23-18(25-19)11-5-3-4-6-12(11)21/h3-9H,1-2H3,(H2,22,27)(H,24,28). The van der Waals surface area contributed by atoms with Crippen LogP contribution >= 0.6 is 0 Å². The largest absolute Gasteiger partial charge is 0.493 e. The van der Waals surface area contributed by atoms with Gasteiger partial charge in [0.2, 0.25) is 0 Å². The highest BCUT2D eigenvalue weighted by molar-refractivity contribution is 6.02. The van der Waals surface area contributed by atoms with Crippen LogP contribution in [-0.2, 0) is 0 Å². The number of fused-ring (bicyclic) bond motifs is 1. The van der Waals surface area contributed by atoms with E-state index in [4.69, 9.17) is 15.2 Å². The molecule has 0 saturated carbocycles.